The smallest absolute Gasteiger partial charge is 0.335 e. The average Bonchev–Trinajstić information content (AvgIpc) is 2.71. The van der Waals surface area contributed by atoms with Gasteiger partial charge in [0, 0.05) is 29.2 Å². The van der Waals surface area contributed by atoms with Crippen molar-refractivity contribution in [3.8, 4) is 0 Å². The van der Waals surface area contributed by atoms with Crippen LogP contribution in [-0.4, -0.2) is 15.6 Å². The summed E-state index contributed by atoms with van der Waals surface area (Å²) in [5.41, 5.74) is 3.91. The molecule has 0 spiro atoms. The van der Waals surface area contributed by atoms with Gasteiger partial charge in [0.1, 0.15) is 0 Å². The first-order valence-corrected chi connectivity index (χ1v) is 5.63. The van der Waals surface area contributed by atoms with Crippen molar-refractivity contribution in [3.63, 3.8) is 0 Å². The Morgan fingerprint density at radius 3 is 2.88 bits per heavy atom. The molecular formula is C13H12ClNO2. The molecule has 1 aromatic heterocycles. The van der Waals surface area contributed by atoms with E-state index in [1.54, 1.807) is 17.7 Å². The highest BCUT2D eigenvalue weighted by Gasteiger charge is 2.06. The van der Waals surface area contributed by atoms with Gasteiger partial charge in [0.25, 0.3) is 0 Å². The van der Waals surface area contributed by atoms with E-state index in [4.69, 9.17) is 16.7 Å². The summed E-state index contributed by atoms with van der Waals surface area (Å²) >= 11 is 5.63. The Morgan fingerprint density at radius 2 is 2.24 bits per heavy atom. The van der Waals surface area contributed by atoms with Gasteiger partial charge in [-0.25, -0.2) is 4.79 Å². The molecule has 0 aliphatic carbocycles. The summed E-state index contributed by atoms with van der Waals surface area (Å²) < 4.78 is 2.04. The number of carbonyl (C=O) groups is 1. The third-order valence-electron chi connectivity index (χ3n) is 2.62. The first kappa shape index (κ1) is 11.7. The van der Waals surface area contributed by atoms with Gasteiger partial charge < -0.3 is 9.67 Å². The van der Waals surface area contributed by atoms with E-state index in [9.17, 15) is 4.79 Å². The molecule has 1 aromatic carbocycles. The second-order valence-electron chi connectivity index (χ2n) is 3.98. The molecule has 2 rings (SSSR count). The highest BCUT2D eigenvalue weighted by Crippen LogP contribution is 2.19. The van der Waals surface area contributed by atoms with E-state index >= 15 is 0 Å². The van der Waals surface area contributed by atoms with Crippen LogP contribution in [0.4, 0.5) is 0 Å². The number of hydrogen-bond acceptors (Lipinski definition) is 1. The minimum atomic E-state index is -0.906. The molecule has 0 amide bonds. The summed E-state index contributed by atoms with van der Waals surface area (Å²) in [6.45, 7) is 2.66. The molecule has 3 nitrogen and oxygen atoms in total. The van der Waals surface area contributed by atoms with Gasteiger partial charge in [-0.2, -0.15) is 0 Å². The minimum absolute atomic E-state index is 0.305. The minimum Gasteiger partial charge on any atom is -0.478 e. The number of carboxylic acid groups (broad SMARTS) is 1. The Kier molecular flexibility index (Phi) is 3.20. The maximum Gasteiger partial charge on any atom is 0.335 e. The molecule has 0 atom stereocenters. The van der Waals surface area contributed by atoms with Gasteiger partial charge >= 0.3 is 5.97 Å². The fourth-order valence-corrected chi connectivity index (χ4v) is 1.84. The molecule has 2 aromatic rings. The number of rotatable bonds is 3. The van der Waals surface area contributed by atoms with Crippen LogP contribution in [0.3, 0.4) is 0 Å². The molecule has 1 N–H and O–H groups in total. The lowest BCUT2D eigenvalue weighted by atomic mass is 10.1. The van der Waals surface area contributed by atoms with Crippen LogP contribution in [0.1, 0.15) is 17.3 Å². The van der Waals surface area contributed by atoms with Crippen molar-refractivity contribution < 1.29 is 9.90 Å². The van der Waals surface area contributed by atoms with Crippen LogP contribution in [0.15, 0.2) is 41.6 Å². The zero-order valence-electron chi connectivity index (χ0n) is 9.35. The number of halogens is 1. The molecule has 17 heavy (non-hydrogen) atoms. The van der Waals surface area contributed by atoms with Gasteiger partial charge in [0.15, 0.2) is 0 Å². The van der Waals surface area contributed by atoms with Crippen molar-refractivity contribution in [2.45, 2.75) is 13.5 Å². The second-order valence-corrected chi connectivity index (χ2v) is 4.20. The molecule has 1 heterocycles. The van der Waals surface area contributed by atoms with E-state index in [0.717, 1.165) is 16.5 Å². The van der Waals surface area contributed by atoms with E-state index < -0.39 is 5.97 Å². The number of hydrogen-bond donors (Lipinski definition) is 1. The third kappa shape index (κ3) is 2.34. The molecule has 0 fully saturated rings. The Balaban J connectivity index is 2.45. The van der Waals surface area contributed by atoms with Crippen molar-refractivity contribution in [2.24, 2.45) is 0 Å². The third-order valence-corrected chi connectivity index (χ3v) is 3.00. The zero-order valence-corrected chi connectivity index (χ0v) is 10.1. The summed E-state index contributed by atoms with van der Waals surface area (Å²) in [6.07, 6.45) is 1.93. The quantitative estimate of drug-likeness (QED) is 0.905. The highest BCUT2D eigenvalue weighted by molar-refractivity contribution is 6.25. The molecule has 0 saturated heterocycles. The summed E-state index contributed by atoms with van der Waals surface area (Å²) in [6, 6.07) is 7.01. The van der Waals surface area contributed by atoms with Crippen LogP contribution in [0.5, 0.6) is 0 Å². The number of aromatic carboxylic acids is 1. The molecule has 0 aliphatic heterocycles. The van der Waals surface area contributed by atoms with Crippen LogP contribution < -0.4 is 0 Å². The second kappa shape index (κ2) is 4.63. The molecule has 0 unspecified atom stereocenters. The lowest BCUT2D eigenvalue weighted by molar-refractivity contribution is 0.0697. The van der Waals surface area contributed by atoms with E-state index in [-0.39, 0.29) is 0 Å². The summed E-state index contributed by atoms with van der Waals surface area (Å²) in [5, 5.41) is 9.82. The summed E-state index contributed by atoms with van der Waals surface area (Å²) in [5.74, 6) is -0.906. The lowest BCUT2D eigenvalue weighted by Gasteiger charge is -2.05. The molecule has 0 radical (unpaired) electrons. The molecule has 4 heteroatoms. The SMILES string of the molecule is C/C(=C/Cl)Cn1ccc2cc(C(=O)O)ccc21. The summed E-state index contributed by atoms with van der Waals surface area (Å²) in [7, 11) is 0. The Hall–Kier alpha value is -1.74. The van der Waals surface area contributed by atoms with Crippen LogP contribution in [0, 0.1) is 0 Å². The summed E-state index contributed by atoms with van der Waals surface area (Å²) in [4.78, 5) is 10.8. The predicted molar refractivity (Wildman–Crippen MR) is 68.5 cm³/mol. The first-order valence-electron chi connectivity index (χ1n) is 5.20. The van der Waals surface area contributed by atoms with Crippen molar-refractivity contribution in [2.75, 3.05) is 0 Å². The number of carboxylic acids is 1. The highest BCUT2D eigenvalue weighted by atomic mass is 35.5. The Bertz CT molecular complexity index is 598. The van der Waals surface area contributed by atoms with Crippen LogP contribution >= 0.6 is 11.6 Å². The van der Waals surface area contributed by atoms with E-state index in [1.807, 2.05) is 29.8 Å². The first-order chi connectivity index (χ1) is 8.11. The normalized spacial score (nSPS) is 12.0. The molecule has 0 saturated carbocycles. The Morgan fingerprint density at radius 1 is 1.47 bits per heavy atom. The number of allylic oxidation sites excluding steroid dienone is 1. The number of nitrogens with zero attached hydrogens (tertiary/aromatic N) is 1. The Labute approximate surface area is 104 Å². The number of benzene rings is 1. The predicted octanol–water partition coefficient (Wildman–Crippen LogP) is 3.48. The molecule has 0 bridgehead atoms. The van der Waals surface area contributed by atoms with Crippen LogP contribution in [0.25, 0.3) is 10.9 Å². The number of fused-ring (bicyclic) bond motifs is 1. The van der Waals surface area contributed by atoms with Crippen molar-refractivity contribution in [1.82, 2.24) is 4.57 Å². The number of aromatic nitrogens is 1. The fraction of sp³-hybridized carbons (Fsp3) is 0.154. The maximum atomic E-state index is 10.8. The van der Waals surface area contributed by atoms with Crippen molar-refractivity contribution in [1.29, 1.82) is 0 Å². The van der Waals surface area contributed by atoms with E-state index in [1.165, 1.54) is 0 Å². The lowest BCUT2D eigenvalue weighted by Crippen LogP contribution is -1.98. The van der Waals surface area contributed by atoms with Gasteiger partial charge in [0.05, 0.1) is 5.56 Å². The van der Waals surface area contributed by atoms with Gasteiger partial charge in [-0.15, -0.1) is 0 Å². The molecule has 0 aliphatic rings. The fourth-order valence-electron chi connectivity index (χ4n) is 1.77. The van der Waals surface area contributed by atoms with Gasteiger partial charge in [-0.05, 0) is 36.8 Å². The van der Waals surface area contributed by atoms with Crippen LogP contribution in [-0.2, 0) is 6.54 Å². The van der Waals surface area contributed by atoms with E-state index in [0.29, 0.717) is 12.1 Å². The zero-order chi connectivity index (χ0) is 12.4. The maximum absolute atomic E-state index is 10.8. The van der Waals surface area contributed by atoms with Gasteiger partial charge in [-0.1, -0.05) is 11.6 Å². The standard InChI is InChI=1S/C13H12ClNO2/c1-9(7-14)8-15-5-4-10-6-11(13(16)17)2-3-12(10)15/h2-7H,8H2,1H3,(H,16,17)/b9-7-. The molecular weight excluding hydrogens is 238 g/mol. The van der Waals surface area contributed by atoms with E-state index in [2.05, 4.69) is 0 Å². The monoisotopic (exact) mass is 249 g/mol. The van der Waals surface area contributed by atoms with Crippen LogP contribution in [0.2, 0.25) is 0 Å². The van der Waals surface area contributed by atoms with Gasteiger partial charge in [-0.3, -0.25) is 0 Å². The largest absolute Gasteiger partial charge is 0.478 e. The topological polar surface area (TPSA) is 42.2 Å². The van der Waals surface area contributed by atoms with Crippen molar-refractivity contribution in [3.05, 3.63) is 47.1 Å². The van der Waals surface area contributed by atoms with Crippen molar-refractivity contribution >= 4 is 28.5 Å². The van der Waals surface area contributed by atoms with Gasteiger partial charge in [0.2, 0.25) is 0 Å². The molecule has 88 valence electrons. The average molecular weight is 250 g/mol.